The van der Waals surface area contributed by atoms with Gasteiger partial charge in [-0.2, -0.15) is 5.10 Å². The summed E-state index contributed by atoms with van der Waals surface area (Å²) in [6.07, 6.45) is 10.6. The number of benzene rings is 1. The molecule has 0 aliphatic carbocycles. The predicted molar refractivity (Wildman–Crippen MR) is 100.0 cm³/mol. The minimum atomic E-state index is -1.02. The van der Waals surface area contributed by atoms with Crippen LogP contribution >= 0.6 is 0 Å². The third-order valence-corrected chi connectivity index (χ3v) is 3.96. The van der Waals surface area contributed by atoms with E-state index in [-0.39, 0.29) is 5.70 Å². The monoisotopic (exact) mass is 348 g/mol. The smallest absolute Gasteiger partial charge is 0.355 e. The third-order valence-electron chi connectivity index (χ3n) is 3.96. The Labute approximate surface area is 152 Å². The molecule has 0 bridgehead atoms. The number of carboxylic acid groups (broad SMARTS) is 1. The highest BCUT2D eigenvalue weighted by Crippen LogP contribution is 2.23. The van der Waals surface area contributed by atoms with Crippen molar-refractivity contribution in [1.82, 2.24) is 20.0 Å². The van der Waals surface area contributed by atoms with Crippen molar-refractivity contribution in [3.63, 3.8) is 0 Å². The van der Waals surface area contributed by atoms with Gasteiger partial charge < -0.3 is 15.3 Å². The summed E-state index contributed by atoms with van der Waals surface area (Å²) in [6.45, 7) is 6.19. The Bertz CT molecular complexity index is 908. The van der Waals surface area contributed by atoms with E-state index in [1.54, 1.807) is 40.2 Å². The largest absolute Gasteiger partial charge is 0.476 e. The van der Waals surface area contributed by atoms with E-state index in [0.29, 0.717) is 17.9 Å². The molecule has 6 nitrogen and oxygen atoms in total. The molecule has 132 valence electrons. The molecule has 2 N–H and O–H groups in total. The second-order valence-corrected chi connectivity index (χ2v) is 5.68. The first-order valence-corrected chi connectivity index (χ1v) is 8.20. The van der Waals surface area contributed by atoms with Gasteiger partial charge in [0, 0.05) is 30.8 Å². The summed E-state index contributed by atoms with van der Waals surface area (Å²) in [4.78, 5) is 13.4. The highest BCUT2D eigenvalue weighted by molar-refractivity contribution is 5.88. The number of hydrogen-bond acceptors (Lipinski definition) is 4. The lowest BCUT2D eigenvalue weighted by molar-refractivity contribution is -0.134. The van der Waals surface area contributed by atoms with Gasteiger partial charge in [-0.05, 0) is 36.8 Å². The molecule has 26 heavy (non-hydrogen) atoms. The van der Waals surface area contributed by atoms with Crippen LogP contribution in [0.2, 0.25) is 0 Å². The molecule has 1 aliphatic rings. The zero-order valence-electron chi connectivity index (χ0n) is 14.5. The number of para-hydroxylation sites is 1. The van der Waals surface area contributed by atoms with Gasteiger partial charge >= 0.3 is 5.97 Å². The number of nitrogens with zero attached hydrogens (tertiary/aromatic N) is 3. The molecule has 2 aromatic rings. The van der Waals surface area contributed by atoms with Crippen molar-refractivity contribution in [2.24, 2.45) is 0 Å². The third kappa shape index (κ3) is 3.44. The topological polar surface area (TPSA) is 70.4 Å². The fourth-order valence-electron chi connectivity index (χ4n) is 2.78. The molecule has 6 heteroatoms. The van der Waals surface area contributed by atoms with Crippen LogP contribution in [0, 0.1) is 0 Å². The van der Waals surface area contributed by atoms with E-state index in [0.717, 1.165) is 11.3 Å². The molecule has 0 saturated heterocycles. The molecule has 2 heterocycles. The van der Waals surface area contributed by atoms with E-state index in [9.17, 15) is 9.90 Å². The lowest BCUT2D eigenvalue weighted by Crippen LogP contribution is -2.29. The van der Waals surface area contributed by atoms with Gasteiger partial charge in [0.2, 0.25) is 0 Å². The van der Waals surface area contributed by atoms with Gasteiger partial charge in [-0.1, -0.05) is 30.9 Å². The van der Waals surface area contributed by atoms with Crippen LogP contribution in [0.3, 0.4) is 0 Å². The van der Waals surface area contributed by atoms with Crippen LogP contribution in [0.1, 0.15) is 12.5 Å². The minimum Gasteiger partial charge on any atom is -0.476 e. The van der Waals surface area contributed by atoms with Crippen molar-refractivity contribution >= 4 is 5.97 Å². The fourth-order valence-corrected chi connectivity index (χ4v) is 2.78. The Kier molecular flexibility index (Phi) is 5.03. The van der Waals surface area contributed by atoms with Crippen LogP contribution in [0.25, 0.3) is 5.69 Å². The zero-order valence-corrected chi connectivity index (χ0v) is 14.5. The summed E-state index contributed by atoms with van der Waals surface area (Å²) in [6, 6.07) is 9.71. The van der Waals surface area contributed by atoms with Crippen LogP contribution in [0.4, 0.5) is 0 Å². The van der Waals surface area contributed by atoms with Gasteiger partial charge in [-0.25, -0.2) is 9.48 Å². The second kappa shape index (κ2) is 7.57. The van der Waals surface area contributed by atoms with Gasteiger partial charge in [0.05, 0.1) is 11.4 Å². The summed E-state index contributed by atoms with van der Waals surface area (Å²) in [5, 5.41) is 17.2. The average molecular weight is 348 g/mol. The molecule has 0 spiro atoms. The normalized spacial score (nSPS) is 14.3. The number of hydrogen-bond donors (Lipinski definition) is 2. The summed E-state index contributed by atoms with van der Waals surface area (Å²) in [7, 11) is 0. The Hall–Kier alpha value is -3.54. The molecule has 0 unspecified atom stereocenters. The second-order valence-electron chi connectivity index (χ2n) is 5.68. The Morgan fingerprint density at radius 1 is 1.31 bits per heavy atom. The van der Waals surface area contributed by atoms with Crippen LogP contribution < -0.4 is 5.32 Å². The molecular formula is C20H20N4O2. The zero-order chi connectivity index (χ0) is 18.5. The van der Waals surface area contributed by atoms with E-state index in [1.165, 1.54) is 0 Å². The maximum Gasteiger partial charge on any atom is 0.355 e. The highest BCUT2D eigenvalue weighted by Gasteiger charge is 2.23. The van der Waals surface area contributed by atoms with Crippen molar-refractivity contribution in [3.8, 4) is 5.69 Å². The first kappa shape index (κ1) is 17.3. The summed E-state index contributed by atoms with van der Waals surface area (Å²) in [5.74, 6) is -1.02. The van der Waals surface area contributed by atoms with Crippen molar-refractivity contribution < 1.29 is 9.90 Å². The van der Waals surface area contributed by atoms with E-state index in [2.05, 4.69) is 17.0 Å². The molecule has 0 saturated carbocycles. The van der Waals surface area contributed by atoms with Crippen molar-refractivity contribution in [2.75, 3.05) is 0 Å². The lowest BCUT2D eigenvalue weighted by atomic mass is 10.1. The highest BCUT2D eigenvalue weighted by atomic mass is 16.4. The molecule has 0 fully saturated rings. The van der Waals surface area contributed by atoms with Gasteiger partial charge in [0.25, 0.3) is 0 Å². The molecule has 0 amide bonds. The van der Waals surface area contributed by atoms with Gasteiger partial charge in [-0.3, -0.25) is 0 Å². The Balaban J connectivity index is 1.90. The maximum absolute atomic E-state index is 11.8. The number of aromatic nitrogens is 2. The number of rotatable bonds is 6. The van der Waals surface area contributed by atoms with E-state index >= 15 is 0 Å². The predicted octanol–water partition coefficient (Wildman–Crippen LogP) is 3.18. The summed E-state index contributed by atoms with van der Waals surface area (Å²) >= 11 is 0. The molecule has 1 aromatic heterocycles. The van der Waals surface area contributed by atoms with Gasteiger partial charge in [0.1, 0.15) is 0 Å². The maximum atomic E-state index is 11.8. The van der Waals surface area contributed by atoms with Crippen molar-refractivity contribution in [3.05, 3.63) is 96.4 Å². The number of carboxylic acids is 1. The Morgan fingerprint density at radius 3 is 2.81 bits per heavy atom. The number of nitrogens with one attached hydrogen (secondary N) is 1. The average Bonchev–Trinajstić information content (AvgIpc) is 3.17. The number of allylic oxidation sites excluding steroid dienone is 3. The molecule has 1 aliphatic heterocycles. The Morgan fingerprint density at radius 2 is 2.12 bits per heavy atom. The SMILES string of the molecule is C=C1C=CC(NCc2ccccc2-n2cccn2)=C(C(=O)O)N1/C=C\C. The van der Waals surface area contributed by atoms with Crippen LogP contribution in [-0.2, 0) is 11.3 Å². The minimum absolute atomic E-state index is 0.146. The first-order chi connectivity index (χ1) is 12.6. The molecule has 1 aromatic carbocycles. The van der Waals surface area contributed by atoms with Gasteiger partial charge in [-0.15, -0.1) is 0 Å². The van der Waals surface area contributed by atoms with Crippen LogP contribution in [0.5, 0.6) is 0 Å². The van der Waals surface area contributed by atoms with E-state index in [1.807, 2.05) is 43.5 Å². The molecule has 0 atom stereocenters. The standard InChI is InChI=1S/C20H20N4O2/c1-3-12-23-15(2)9-10-17(19(23)20(25)26)21-14-16-7-4-5-8-18(16)24-13-6-11-22-24/h3-13,21H,2,14H2,1H3,(H,25,26)/b12-3-. The van der Waals surface area contributed by atoms with Gasteiger partial charge in [0.15, 0.2) is 5.70 Å². The van der Waals surface area contributed by atoms with Crippen LogP contribution in [0.15, 0.2) is 90.8 Å². The molecular weight excluding hydrogens is 328 g/mol. The lowest BCUT2D eigenvalue weighted by Gasteiger charge is -2.27. The summed E-state index contributed by atoms with van der Waals surface area (Å²) < 4.78 is 1.79. The van der Waals surface area contributed by atoms with Crippen molar-refractivity contribution in [2.45, 2.75) is 13.5 Å². The fraction of sp³-hybridized carbons (Fsp3) is 0.100. The molecule has 3 rings (SSSR count). The van der Waals surface area contributed by atoms with Crippen LogP contribution in [-0.4, -0.2) is 25.8 Å². The number of aliphatic carboxylic acids is 1. The van der Waals surface area contributed by atoms with E-state index < -0.39 is 5.97 Å². The summed E-state index contributed by atoms with van der Waals surface area (Å²) in [5.41, 5.74) is 3.22. The first-order valence-electron chi connectivity index (χ1n) is 8.20. The van der Waals surface area contributed by atoms with E-state index in [4.69, 9.17) is 0 Å². The molecule has 0 radical (unpaired) electrons. The number of carbonyl (C=O) groups is 1. The quantitative estimate of drug-likeness (QED) is 0.839. The van der Waals surface area contributed by atoms with Crippen molar-refractivity contribution in [1.29, 1.82) is 0 Å².